The fourth-order valence-electron chi connectivity index (χ4n) is 1.88. The lowest BCUT2D eigenvalue weighted by molar-refractivity contribution is 0.245. The van der Waals surface area contributed by atoms with Crippen LogP contribution in [0.2, 0.25) is 0 Å². The number of carbonyl (C=O) groups is 1. The third-order valence-corrected chi connectivity index (χ3v) is 4.53. The first-order valence-corrected chi connectivity index (χ1v) is 8.87. The third-order valence-electron chi connectivity index (χ3n) is 3.18. The van der Waals surface area contributed by atoms with Crippen LogP contribution in [0.5, 0.6) is 0 Å². The van der Waals surface area contributed by atoms with Gasteiger partial charge in [-0.2, -0.15) is 0 Å². The topological polar surface area (TPSA) is 75.3 Å². The van der Waals surface area contributed by atoms with E-state index in [-0.39, 0.29) is 4.90 Å². The molecule has 0 aromatic heterocycles. The maximum Gasteiger partial charge on any atom is 0.328 e. The normalized spacial score (nSPS) is 11.1. The number of urea groups is 1. The monoisotopic (exact) mass is 312 g/mol. The Labute approximate surface area is 127 Å². The van der Waals surface area contributed by atoms with Gasteiger partial charge in [0.25, 0.3) is 10.0 Å². The molecule has 0 aliphatic rings. The first-order chi connectivity index (χ1) is 9.99. The number of hydrogen-bond donors (Lipinski definition) is 2. The number of hydrogen-bond acceptors (Lipinski definition) is 3. The van der Waals surface area contributed by atoms with E-state index in [0.29, 0.717) is 6.54 Å². The average Bonchev–Trinajstić information content (AvgIpc) is 2.46. The van der Waals surface area contributed by atoms with Gasteiger partial charge in [0.05, 0.1) is 4.90 Å². The van der Waals surface area contributed by atoms with Gasteiger partial charge in [0.1, 0.15) is 0 Å². The largest absolute Gasteiger partial charge is 0.337 e. The Morgan fingerprint density at radius 1 is 1.05 bits per heavy atom. The van der Waals surface area contributed by atoms with E-state index in [0.717, 1.165) is 37.7 Å². The zero-order valence-electron chi connectivity index (χ0n) is 12.7. The molecular weight excluding hydrogens is 288 g/mol. The molecule has 0 aliphatic carbocycles. The molecule has 1 aromatic rings. The van der Waals surface area contributed by atoms with Crippen molar-refractivity contribution in [2.24, 2.45) is 0 Å². The van der Waals surface area contributed by atoms with Gasteiger partial charge in [0, 0.05) is 6.54 Å². The molecular formula is C15H24N2O3S. The van der Waals surface area contributed by atoms with Gasteiger partial charge in [0.15, 0.2) is 0 Å². The molecule has 0 bridgehead atoms. The summed E-state index contributed by atoms with van der Waals surface area (Å²) in [6.45, 7) is 4.58. The van der Waals surface area contributed by atoms with Gasteiger partial charge in [-0.15, -0.1) is 0 Å². The van der Waals surface area contributed by atoms with E-state index in [1.165, 1.54) is 12.1 Å². The fourth-order valence-corrected chi connectivity index (χ4v) is 2.80. The van der Waals surface area contributed by atoms with Crippen molar-refractivity contribution in [3.05, 3.63) is 29.8 Å². The Kier molecular flexibility index (Phi) is 7.22. The van der Waals surface area contributed by atoms with Crippen LogP contribution >= 0.6 is 0 Å². The van der Waals surface area contributed by atoms with Crippen molar-refractivity contribution in [3.63, 3.8) is 0 Å². The zero-order chi connectivity index (χ0) is 15.7. The van der Waals surface area contributed by atoms with Crippen LogP contribution in [0.3, 0.4) is 0 Å². The van der Waals surface area contributed by atoms with E-state index in [1.54, 1.807) is 12.1 Å². The van der Waals surface area contributed by atoms with Crippen LogP contribution in [-0.4, -0.2) is 21.0 Å². The minimum atomic E-state index is -3.79. The van der Waals surface area contributed by atoms with Crippen molar-refractivity contribution in [1.29, 1.82) is 0 Å². The predicted octanol–water partition coefficient (Wildman–Crippen LogP) is 2.82. The second-order valence-corrected chi connectivity index (χ2v) is 6.60. The molecule has 0 saturated heterocycles. The van der Waals surface area contributed by atoms with Crippen molar-refractivity contribution in [1.82, 2.24) is 10.0 Å². The highest BCUT2D eigenvalue weighted by molar-refractivity contribution is 7.90. The Bertz CT molecular complexity index is 539. The van der Waals surface area contributed by atoms with Gasteiger partial charge in [-0.05, 0) is 30.5 Å². The SMILES string of the molecule is CCCCCCNC(=O)NS(=O)(=O)c1ccc(CC)cc1. The maximum absolute atomic E-state index is 12.0. The summed E-state index contributed by atoms with van der Waals surface area (Å²) < 4.78 is 26.0. The summed E-state index contributed by atoms with van der Waals surface area (Å²) in [6, 6.07) is 5.84. The lowest BCUT2D eigenvalue weighted by Crippen LogP contribution is -2.39. The lowest BCUT2D eigenvalue weighted by atomic mass is 10.2. The van der Waals surface area contributed by atoms with E-state index in [2.05, 4.69) is 12.2 Å². The van der Waals surface area contributed by atoms with Gasteiger partial charge < -0.3 is 5.32 Å². The van der Waals surface area contributed by atoms with Crippen LogP contribution in [0.25, 0.3) is 0 Å². The van der Waals surface area contributed by atoms with Gasteiger partial charge in [-0.1, -0.05) is 45.2 Å². The number of carbonyl (C=O) groups excluding carboxylic acids is 1. The quantitative estimate of drug-likeness (QED) is 0.725. The number of nitrogens with one attached hydrogen (secondary N) is 2. The summed E-state index contributed by atoms with van der Waals surface area (Å²) in [6.07, 6.45) is 4.96. The predicted molar refractivity (Wildman–Crippen MR) is 83.7 cm³/mol. The molecule has 1 aromatic carbocycles. The Hall–Kier alpha value is -1.56. The van der Waals surface area contributed by atoms with E-state index in [1.807, 2.05) is 11.6 Å². The number of amides is 2. The molecule has 1 rings (SSSR count). The summed E-state index contributed by atoms with van der Waals surface area (Å²) in [5.41, 5.74) is 1.05. The second-order valence-electron chi connectivity index (χ2n) is 4.92. The minimum Gasteiger partial charge on any atom is -0.337 e. The van der Waals surface area contributed by atoms with Gasteiger partial charge in [0.2, 0.25) is 0 Å². The molecule has 0 heterocycles. The van der Waals surface area contributed by atoms with Crippen LogP contribution in [-0.2, 0) is 16.4 Å². The molecule has 0 saturated carbocycles. The first kappa shape index (κ1) is 17.5. The summed E-state index contributed by atoms with van der Waals surface area (Å²) in [7, 11) is -3.79. The van der Waals surface area contributed by atoms with Crippen molar-refractivity contribution < 1.29 is 13.2 Å². The standard InChI is InChI=1S/C15H24N2O3S/c1-3-5-6-7-12-16-15(18)17-21(19,20)14-10-8-13(4-2)9-11-14/h8-11H,3-7,12H2,1-2H3,(H2,16,17,18). The highest BCUT2D eigenvalue weighted by Gasteiger charge is 2.16. The van der Waals surface area contributed by atoms with Crippen LogP contribution in [0.1, 0.15) is 45.1 Å². The zero-order valence-corrected chi connectivity index (χ0v) is 13.5. The molecule has 2 amide bonds. The molecule has 0 radical (unpaired) electrons. The molecule has 0 spiro atoms. The van der Waals surface area contributed by atoms with Crippen LogP contribution in [0, 0.1) is 0 Å². The molecule has 0 unspecified atom stereocenters. The Balaban J connectivity index is 2.49. The highest BCUT2D eigenvalue weighted by Crippen LogP contribution is 2.10. The Morgan fingerprint density at radius 2 is 1.71 bits per heavy atom. The lowest BCUT2D eigenvalue weighted by Gasteiger charge is -2.09. The van der Waals surface area contributed by atoms with E-state index in [4.69, 9.17) is 0 Å². The smallest absolute Gasteiger partial charge is 0.328 e. The van der Waals surface area contributed by atoms with Crippen LogP contribution in [0.15, 0.2) is 29.2 Å². The van der Waals surface area contributed by atoms with Crippen molar-refractivity contribution >= 4 is 16.1 Å². The fraction of sp³-hybridized carbons (Fsp3) is 0.533. The third kappa shape index (κ3) is 6.16. The summed E-state index contributed by atoms with van der Waals surface area (Å²) >= 11 is 0. The van der Waals surface area contributed by atoms with Gasteiger partial charge in [-0.3, -0.25) is 0 Å². The molecule has 5 nitrogen and oxygen atoms in total. The van der Waals surface area contributed by atoms with Gasteiger partial charge >= 0.3 is 6.03 Å². The molecule has 0 aliphatic heterocycles. The average molecular weight is 312 g/mol. The van der Waals surface area contributed by atoms with E-state index < -0.39 is 16.1 Å². The summed E-state index contributed by atoms with van der Waals surface area (Å²) in [5, 5.41) is 2.56. The summed E-state index contributed by atoms with van der Waals surface area (Å²) in [5.74, 6) is 0. The molecule has 118 valence electrons. The highest BCUT2D eigenvalue weighted by atomic mass is 32.2. The van der Waals surface area contributed by atoms with Crippen molar-refractivity contribution in [3.8, 4) is 0 Å². The van der Waals surface area contributed by atoms with E-state index >= 15 is 0 Å². The Morgan fingerprint density at radius 3 is 2.29 bits per heavy atom. The van der Waals surface area contributed by atoms with E-state index in [9.17, 15) is 13.2 Å². The number of benzene rings is 1. The molecule has 6 heteroatoms. The van der Waals surface area contributed by atoms with Crippen molar-refractivity contribution in [2.75, 3.05) is 6.54 Å². The van der Waals surface area contributed by atoms with Crippen LogP contribution in [0.4, 0.5) is 4.79 Å². The first-order valence-electron chi connectivity index (χ1n) is 7.39. The maximum atomic E-state index is 12.0. The molecule has 0 fully saturated rings. The molecule has 2 N–H and O–H groups in total. The number of unbranched alkanes of at least 4 members (excludes halogenated alkanes) is 3. The number of aryl methyl sites for hydroxylation is 1. The van der Waals surface area contributed by atoms with Gasteiger partial charge in [-0.25, -0.2) is 17.9 Å². The minimum absolute atomic E-state index is 0.0980. The second kappa shape index (κ2) is 8.67. The number of sulfonamides is 1. The molecule has 21 heavy (non-hydrogen) atoms. The number of rotatable bonds is 8. The summed E-state index contributed by atoms with van der Waals surface area (Å²) in [4.78, 5) is 11.7. The molecule has 0 atom stereocenters. The van der Waals surface area contributed by atoms with Crippen molar-refractivity contribution in [2.45, 2.75) is 50.8 Å². The van der Waals surface area contributed by atoms with Crippen LogP contribution < -0.4 is 10.0 Å².